The highest BCUT2D eigenvalue weighted by atomic mass is 35.5. The van der Waals surface area contributed by atoms with E-state index in [1.165, 1.54) is 4.57 Å². The standard InChI is InChI=1S/C21H19ClN6O2/c22-16-6-8-17(9-7-16)27-11-12-28-18(25-26-20(28)21(27)30)4-1-5-19(29)24-14-15-3-2-10-23-13-15/h2-3,6-13H,1,4-5,14H2,(H,24,29). The predicted octanol–water partition coefficient (Wildman–Crippen LogP) is 2.57. The number of pyridine rings is 1. The molecular weight excluding hydrogens is 404 g/mol. The molecule has 4 aromatic rings. The fourth-order valence-electron chi connectivity index (χ4n) is 3.11. The van der Waals surface area contributed by atoms with Crippen LogP contribution in [0.25, 0.3) is 11.3 Å². The Morgan fingerprint density at radius 3 is 2.70 bits per heavy atom. The van der Waals surface area contributed by atoms with Gasteiger partial charge in [0.05, 0.1) is 0 Å². The summed E-state index contributed by atoms with van der Waals surface area (Å²) in [7, 11) is 0. The molecule has 0 fully saturated rings. The largest absolute Gasteiger partial charge is 0.352 e. The van der Waals surface area contributed by atoms with Gasteiger partial charge in [-0.25, -0.2) is 0 Å². The first-order valence-corrected chi connectivity index (χ1v) is 9.86. The average Bonchev–Trinajstić information content (AvgIpc) is 3.18. The number of hydrogen-bond acceptors (Lipinski definition) is 5. The summed E-state index contributed by atoms with van der Waals surface area (Å²) in [4.78, 5) is 28.8. The van der Waals surface area contributed by atoms with Crippen molar-refractivity contribution in [1.29, 1.82) is 0 Å². The third-order valence-corrected chi connectivity index (χ3v) is 4.91. The van der Waals surface area contributed by atoms with E-state index in [-0.39, 0.29) is 17.1 Å². The molecule has 0 spiro atoms. The lowest BCUT2D eigenvalue weighted by Gasteiger charge is -2.07. The molecule has 1 aromatic carbocycles. The van der Waals surface area contributed by atoms with E-state index in [1.807, 2.05) is 12.1 Å². The van der Waals surface area contributed by atoms with E-state index >= 15 is 0 Å². The SMILES string of the molecule is O=C(CCCc1nnc2c(=O)n(-c3ccc(Cl)cc3)ccn12)NCc1cccnc1. The summed E-state index contributed by atoms with van der Waals surface area (Å²) in [6.45, 7) is 0.449. The normalized spacial score (nSPS) is 11.0. The van der Waals surface area contributed by atoms with Crippen LogP contribution in [0.2, 0.25) is 5.02 Å². The minimum atomic E-state index is -0.271. The molecule has 1 amide bonds. The lowest BCUT2D eigenvalue weighted by Crippen LogP contribution is -2.22. The number of carbonyl (C=O) groups is 1. The van der Waals surface area contributed by atoms with E-state index < -0.39 is 0 Å². The second-order valence-corrected chi connectivity index (χ2v) is 7.19. The first-order valence-electron chi connectivity index (χ1n) is 9.48. The van der Waals surface area contributed by atoms with Crippen LogP contribution in [0.5, 0.6) is 0 Å². The van der Waals surface area contributed by atoms with Crippen LogP contribution < -0.4 is 10.9 Å². The molecule has 0 aliphatic rings. The van der Waals surface area contributed by atoms with Crippen LogP contribution in [0.1, 0.15) is 24.2 Å². The molecule has 3 heterocycles. The zero-order chi connectivity index (χ0) is 20.9. The Hall–Kier alpha value is -3.52. The van der Waals surface area contributed by atoms with E-state index in [1.54, 1.807) is 53.5 Å². The minimum Gasteiger partial charge on any atom is -0.352 e. The number of fused-ring (bicyclic) bond motifs is 1. The number of nitrogens with one attached hydrogen (secondary N) is 1. The summed E-state index contributed by atoms with van der Waals surface area (Å²) in [6.07, 6.45) is 8.33. The molecule has 152 valence electrons. The highest BCUT2D eigenvalue weighted by Crippen LogP contribution is 2.13. The number of aromatic nitrogens is 5. The molecule has 0 atom stereocenters. The maximum atomic E-state index is 12.8. The molecule has 0 unspecified atom stereocenters. The molecule has 0 bridgehead atoms. The maximum absolute atomic E-state index is 12.8. The molecule has 0 saturated carbocycles. The number of benzene rings is 1. The van der Waals surface area contributed by atoms with Gasteiger partial charge in [0.25, 0.3) is 0 Å². The van der Waals surface area contributed by atoms with Gasteiger partial charge in [-0.3, -0.25) is 23.5 Å². The predicted molar refractivity (Wildman–Crippen MR) is 113 cm³/mol. The number of hydrogen-bond donors (Lipinski definition) is 1. The lowest BCUT2D eigenvalue weighted by molar-refractivity contribution is -0.121. The molecule has 0 aliphatic carbocycles. The van der Waals surface area contributed by atoms with Gasteiger partial charge in [0.2, 0.25) is 11.6 Å². The Morgan fingerprint density at radius 1 is 1.10 bits per heavy atom. The molecule has 0 saturated heterocycles. The van der Waals surface area contributed by atoms with Gasteiger partial charge < -0.3 is 5.32 Å². The van der Waals surface area contributed by atoms with Gasteiger partial charge in [0.15, 0.2) is 0 Å². The third-order valence-electron chi connectivity index (χ3n) is 4.66. The molecule has 3 aromatic heterocycles. The quantitative estimate of drug-likeness (QED) is 0.494. The molecule has 8 nitrogen and oxygen atoms in total. The van der Waals surface area contributed by atoms with Crippen LogP contribution in [0.15, 0.2) is 66.0 Å². The van der Waals surface area contributed by atoms with E-state index in [2.05, 4.69) is 20.5 Å². The van der Waals surface area contributed by atoms with Gasteiger partial charge in [0, 0.05) is 54.9 Å². The van der Waals surface area contributed by atoms with Crippen molar-refractivity contribution in [3.8, 4) is 5.69 Å². The zero-order valence-corrected chi connectivity index (χ0v) is 16.8. The summed E-state index contributed by atoms with van der Waals surface area (Å²) in [5, 5.41) is 11.6. The molecule has 9 heteroatoms. The number of rotatable bonds is 7. The summed E-state index contributed by atoms with van der Waals surface area (Å²) in [6, 6.07) is 10.7. The van der Waals surface area contributed by atoms with Crippen molar-refractivity contribution in [3.63, 3.8) is 0 Å². The number of halogens is 1. The monoisotopic (exact) mass is 422 g/mol. The minimum absolute atomic E-state index is 0.0437. The lowest BCUT2D eigenvalue weighted by atomic mass is 10.2. The summed E-state index contributed by atoms with van der Waals surface area (Å²) < 4.78 is 3.16. The maximum Gasteiger partial charge on any atom is 0.300 e. The fraction of sp³-hybridized carbons (Fsp3) is 0.190. The topological polar surface area (TPSA) is 94.2 Å². The highest BCUT2D eigenvalue weighted by Gasteiger charge is 2.12. The van der Waals surface area contributed by atoms with Crippen LogP contribution in [-0.2, 0) is 17.8 Å². The Balaban J connectivity index is 1.39. The second-order valence-electron chi connectivity index (χ2n) is 6.75. The Kier molecular flexibility index (Phi) is 5.85. The average molecular weight is 423 g/mol. The number of amides is 1. The summed E-state index contributed by atoms with van der Waals surface area (Å²) in [5.74, 6) is 0.600. The van der Waals surface area contributed by atoms with Crippen molar-refractivity contribution in [2.24, 2.45) is 0 Å². The second kappa shape index (κ2) is 8.87. The summed E-state index contributed by atoms with van der Waals surface area (Å²) in [5.41, 5.74) is 1.62. The van der Waals surface area contributed by atoms with E-state index in [9.17, 15) is 9.59 Å². The van der Waals surface area contributed by atoms with Gasteiger partial charge in [-0.1, -0.05) is 17.7 Å². The van der Waals surface area contributed by atoms with Crippen LogP contribution in [-0.4, -0.2) is 30.1 Å². The van der Waals surface area contributed by atoms with E-state index in [0.29, 0.717) is 42.3 Å². The Morgan fingerprint density at radius 2 is 1.93 bits per heavy atom. The van der Waals surface area contributed by atoms with Crippen LogP contribution in [0.4, 0.5) is 0 Å². The number of carbonyl (C=O) groups excluding carboxylic acids is 1. The first kappa shape index (κ1) is 19.8. The Bertz CT molecular complexity index is 1220. The number of nitrogens with zero attached hydrogens (tertiary/aromatic N) is 5. The third kappa shape index (κ3) is 4.38. The van der Waals surface area contributed by atoms with E-state index in [4.69, 9.17) is 11.6 Å². The van der Waals surface area contributed by atoms with E-state index in [0.717, 1.165) is 5.56 Å². The van der Waals surface area contributed by atoms with Crippen molar-refractivity contribution in [3.05, 3.63) is 87.9 Å². The Labute approximate surface area is 177 Å². The van der Waals surface area contributed by atoms with Crippen LogP contribution in [0.3, 0.4) is 0 Å². The van der Waals surface area contributed by atoms with Crippen molar-refractivity contribution in [2.45, 2.75) is 25.8 Å². The molecule has 0 radical (unpaired) electrons. The van der Waals surface area contributed by atoms with Gasteiger partial charge in [0.1, 0.15) is 5.82 Å². The molecule has 1 N–H and O–H groups in total. The molecule has 0 aliphatic heterocycles. The highest BCUT2D eigenvalue weighted by molar-refractivity contribution is 6.30. The van der Waals surface area contributed by atoms with Gasteiger partial charge in [-0.2, -0.15) is 0 Å². The molecule has 4 rings (SSSR count). The van der Waals surface area contributed by atoms with Crippen molar-refractivity contribution in [2.75, 3.05) is 0 Å². The van der Waals surface area contributed by atoms with Gasteiger partial charge in [-0.05, 0) is 42.3 Å². The smallest absolute Gasteiger partial charge is 0.300 e. The fourth-order valence-corrected chi connectivity index (χ4v) is 3.24. The van der Waals surface area contributed by atoms with Gasteiger partial charge >= 0.3 is 5.56 Å². The first-order chi connectivity index (χ1) is 14.6. The van der Waals surface area contributed by atoms with Crippen LogP contribution in [0, 0.1) is 0 Å². The van der Waals surface area contributed by atoms with Crippen LogP contribution >= 0.6 is 11.6 Å². The van der Waals surface area contributed by atoms with Gasteiger partial charge in [-0.15, -0.1) is 10.2 Å². The van der Waals surface area contributed by atoms with Crippen molar-refractivity contribution in [1.82, 2.24) is 29.5 Å². The van der Waals surface area contributed by atoms with Crippen molar-refractivity contribution < 1.29 is 4.79 Å². The summed E-state index contributed by atoms with van der Waals surface area (Å²) >= 11 is 5.91. The van der Waals surface area contributed by atoms with Crippen molar-refractivity contribution >= 4 is 23.2 Å². The zero-order valence-electron chi connectivity index (χ0n) is 16.0. The molecule has 30 heavy (non-hydrogen) atoms. The number of aryl methyl sites for hydroxylation is 1. The molecular formula is C21H19ClN6O2.